The molecule has 0 aliphatic carbocycles. The first-order valence-electron chi connectivity index (χ1n) is 7.26. The van der Waals surface area contributed by atoms with Crippen molar-refractivity contribution in [3.8, 4) is 0 Å². The molecule has 0 saturated carbocycles. The topological polar surface area (TPSA) is 58.4 Å². The van der Waals surface area contributed by atoms with E-state index in [4.69, 9.17) is 0 Å². The molecule has 1 N–H and O–H groups in total. The van der Waals surface area contributed by atoms with Crippen LogP contribution in [0.2, 0.25) is 0 Å². The van der Waals surface area contributed by atoms with Gasteiger partial charge in [-0.1, -0.05) is 24.3 Å². The molecule has 5 nitrogen and oxygen atoms in total. The largest absolute Gasteiger partial charge is 0.423 e. The smallest absolute Gasteiger partial charge is 0.286 e. The molecule has 0 atom stereocenters. The van der Waals surface area contributed by atoms with Gasteiger partial charge in [0.05, 0.1) is 5.69 Å². The maximum absolute atomic E-state index is 12.0. The molecule has 110 valence electrons. The highest BCUT2D eigenvalue weighted by atomic mass is 16.5. The van der Waals surface area contributed by atoms with Crippen molar-refractivity contribution < 1.29 is 5.21 Å². The zero-order chi connectivity index (χ0) is 15.1. The van der Waals surface area contributed by atoms with Crippen LogP contribution < -0.4 is 10.5 Å². The molecule has 1 aliphatic rings. The molecule has 1 aliphatic heterocycles. The Hall–Kier alpha value is -2.82. The molecule has 22 heavy (non-hydrogen) atoms. The third-order valence-corrected chi connectivity index (χ3v) is 4.20. The van der Waals surface area contributed by atoms with Crippen LogP contribution in [0.5, 0.6) is 0 Å². The predicted molar refractivity (Wildman–Crippen MR) is 84.4 cm³/mol. The van der Waals surface area contributed by atoms with Crippen LogP contribution in [-0.2, 0) is 13.0 Å². The third-order valence-electron chi connectivity index (χ3n) is 4.20. The first-order valence-corrected chi connectivity index (χ1v) is 7.26. The third kappa shape index (κ3) is 1.94. The van der Waals surface area contributed by atoms with Gasteiger partial charge in [-0.05, 0) is 29.7 Å². The number of anilines is 1. The monoisotopic (exact) mass is 293 g/mol. The van der Waals surface area contributed by atoms with Crippen LogP contribution in [0.3, 0.4) is 0 Å². The molecule has 3 heterocycles. The fourth-order valence-corrected chi connectivity index (χ4v) is 3.09. The molecule has 5 heteroatoms. The Morgan fingerprint density at radius 3 is 2.77 bits per heavy atom. The van der Waals surface area contributed by atoms with Crippen LogP contribution >= 0.6 is 0 Å². The quantitative estimate of drug-likeness (QED) is 0.699. The zero-order valence-electron chi connectivity index (χ0n) is 11.9. The summed E-state index contributed by atoms with van der Waals surface area (Å²) in [4.78, 5) is 18.3. The van der Waals surface area contributed by atoms with Crippen LogP contribution in [0.4, 0.5) is 5.69 Å². The van der Waals surface area contributed by atoms with E-state index in [0.29, 0.717) is 10.4 Å². The number of fused-ring (bicyclic) bond motifs is 2. The first-order chi connectivity index (χ1) is 10.7. The van der Waals surface area contributed by atoms with Crippen molar-refractivity contribution in [2.45, 2.75) is 13.0 Å². The van der Waals surface area contributed by atoms with Crippen LogP contribution in [0.15, 0.2) is 53.5 Å². The average molecular weight is 293 g/mol. The summed E-state index contributed by atoms with van der Waals surface area (Å²) in [6, 6.07) is 13.5. The van der Waals surface area contributed by atoms with Crippen molar-refractivity contribution in [3.05, 3.63) is 70.1 Å². The second-order valence-corrected chi connectivity index (χ2v) is 5.49. The summed E-state index contributed by atoms with van der Waals surface area (Å²) in [7, 11) is 0. The molecule has 4 rings (SSSR count). The maximum atomic E-state index is 12.0. The molecule has 1 aromatic carbocycles. The van der Waals surface area contributed by atoms with Gasteiger partial charge in [0.2, 0.25) is 0 Å². The van der Waals surface area contributed by atoms with Crippen molar-refractivity contribution in [2.75, 3.05) is 11.4 Å². The Balaban J connectivity index is 1.86. The molecule has 0 radical (unpaired) electrons. The molecule has 0 bridgehead atoms. The summed E-state index contributed by atoms with van der Waals surface area (Å²) in [6.07, 6.45) is 2.52. The molecule has 0 unspecified atom stereocenters. The lowest BCUT2D eigenvalue weighted by atomic mass is 9.99. The predicted octanol–water partition coefficient (Wildman–Crippen LogP) is 2.20. The second-order valence-electron chi connectivity index (χ2n) is 5.49. The van der Waals surface area contributed by atoms with Gasteiger partial charge in [0.1, 0.15) is 0 Å². The molecular weight excluding hydrogens is 278 g/mol. The molecule has 0 saturated heterocycles. The fraction of sp³-hybridized carbons (Fsp3) is 0.176. The zero-order valence-corrected chi connectivity index (χ0v) is 11.9. The van der Waals surface area contributed by atoms with Gasteiger partial charge in [0, 0.05) is 30.7 Å². The number of nitrogens with zero attached hydrogens (tertiary/aromatic N) is 3. The van der Waals surface area contributed by atoms with E-state index in [-0.39, 0.29) is 0 Å². The van der Waals surface area contributed by atoms with Crippen molar-refractivity contribution >= 4 is 16.7 Å². The van der Waals surface area contributed by atoms with E-state index in [1.807, 2.05) is 18.2 Å². The molecule has 0 spiro atoms. The fourth-order valence-electron chi connectivity index (χ4n) is 3.09. The SMILES string of the molecule is O=c1cc(N2CCc3ccccc3C2)c2cccnc2n1O. The highest BCUT2D eigenvalue weighted by Gasteiger charge is 2.19. The van der Waals surface area contributed by atoms with E-state index in [1.165, 1.54) is 17.2 Å². The molecule has 3 aromatic rings. The number of hydrogen-bond acceptors (Lipinski definition) is 4. The van der Waals surface area contributed by atoms with E-state index in [0.717, 1.165) is 30.6 Å². The van der Waals surface area contributed by atoms with E-state index in [9.17, 15) is 10.0 Å². The number of rotatable bonds is 1. The van der Waals surface area contributed by atoms with Gasteiger partial charge in [-0.25, -0.2) is 4.98 Å². The van der Waals surface area contributed by atoms with Crippen LogP contribution in [0.25, 0.3) is 11.0 Å². The highest BCUT2D eigenvalue weighted by Crippen LogP contribution is 2.28. The van der Waals surface area contributed by atoms with Gasteiger partial charge in [0.25, 0.3) is 5.56 Å². The lowest BCUT2D eigenvalue weighted by Crippen LogP contribution is -2.32. The second kappa shape index (κ2) is 4.87. The van der Waals surface area contributed by atoms with Crippen LogP contribution in [-0.4, -0.2) is 21.5 Å². The Kier molecular flexibility index (Phi) is 2.85. The minimum Gasteiger partial charge on any atom is -0.423 e. The van der Waals surface area contributed by atoms with Gasteiger partial charge in [0.15, 0.2) is 5.65 Å². The Bertz CT molecular complexity index is 917. The van der Waals surface area contributed by atoms with E-state index in [2.05, 4.69) is 28.1 Å². The Labute approximate surface area is 127 Å². The number of aromatic nitrogens is 2. The molecule has 0 fully saturated rings. The highest BCUT2D eigenvalue weighted by molar-refractivity contribution is 5.89. The number of benzene rings is 1. The Morgan fingerprint density at radius 2 is 1.91 bits per heavy atom. The summed E-state index contributed by atoms with van der Waals surface area (Å²) >= 11 is 0. The van der Waals surface area contributed by atoms with Crippen LogP contribution in [0.1, 0.15) is 11.1 Å². The average Bonchev–Trinajstić information content (AvgIpc) is 2.58. The van der Waals surface area contributed by atoms with Crippen molar-refractivity contribution in [1.82, 2.24) is 9.71 Å². The van der Waals surface area contributed by atoms with Gasteiger partial charge >= 0.3 is 0 Å². The van der Waals surface area contributed by atoms with Crippen molar-refractivity contribution in [3.63, 3.8) is 0 Å². The molecular formula is C17H15N3O2. The van der Waals surface area contributed by atoms with Crippen molar-refractivity contribution in [1.29, 1.82) is 0 Å². The summed E-state index contributed by atoms with van der Waals surface area (Å²) in [6.45, 7) is 1.60. The van der Waals surface area contributed by atoms with Gasteiger partial charge in [-0.15, -0.1) is 4.73 Å². The number of pyridine rings is 2. The minimum atomic E-state index is -0.458. The lowest BCUT2D eigenvalue weighted by molar-refractivity contribution is 0.186. The summed E-state index contributed by atoms with van der Waals surface area (Å²) < 4.78 is 0.608. The minimum absolute atomic E-state index is 0.295. The first kappa shape index (κ1) is 12.9. The molecule has 0 amide bonds. The summed E-state index contributed by atoms with van der Waals surface area (Å²) in [5, 5.41) is 10.6. The standard InChI is InChI=1S/C17H15N3O2/c21-16-10-15(14-6-3-8-18-17(14)20(16)22)19-9-7-12-4-1-2-5-13(12)11-19/h1-6,8,10,22H,7,9,11H2. The van der Waals surface area contributed by atoms with E-state index >= 15 is 0 Å². The number of hydrogen-bond donors (Lipinski definition) is 1. The van der Waals surface area contributed by atoms with Gasteiger partial charge in [-0.2, -0.15) is 0 Å². The lowest BCUT2D eigenvalue weighted by Gasteiger charge is -2.31. The van der Waals surface area contributed by atoms with E-state index < -0.39 is 5.56 Å². The van der Waals surface area contributed by atoms with Crippen molar-refractivity contribution in [2.24, 2.45) is 0 Å². The summed E-state index contributed by atoms with van der Waals surface area (Å²) in [5.74, 6) is 0. The normalized spacial score (nSPS) is 14.1. The summed E-state index contributed by atoms with van der Waals surface area (Å²) in [5.41, 5.74) is 3.30. The molecule has 2 aromatic heterocycles. The van der Waals surface area contributed by atoms with Gasteiger partial charge in [-0.3, -0.25) is 4.79 Å². The Morgan fingerprint density at radius 1 is 1.09 bits per heavy atom. The van der Waals surface area contributed by atoms with Crippen LogP contribution in [0, 0.1) is 0 Å². The maximum Gasteiger partial charge on any atom is 0.286 e. The van der Waals surface area contributed by atoms with Gasteiger partial charge < -0.3 is 10.1 Å². The van der Waals surface area contributed by atoms with E-state index in [1.54, 1.807) is 6.20 Å².